The second kappa shape index (κ2) is 16.1. The van der Waals surface area contributed by atoms with Crippen molar-refractivity contribution in [1.29, 1.82) is 0 Å². The van der Waals surface area contributed by atoms with Crippen LogP contribution in [0.2, 0.25) is 0 Å². The van der Waals surface area contributed by atoms with Gasteiger partial charge in [-0.25, -0.2) is 18.6 Å². The third-order valence-corrected chi connectivity index (χ3v) is 7.75. The molecule has 10 heteroatoms. The molecule has 42 heavy (non-hydrogen) atoms. The maximum Gasteiger partial charge on any atom is 0.331 e. The lowest BCUT2D eigenvalue weighted by atomic mass is 9.98. The number of carbonyl (C=O) groups excluding carboxylic acids is 1. The number of aliphatic carboxylic acids is 1. The van der Waals surface area contributed by atoms with E-state index < -0.39 is 29.1 Å². The Hall–Kier alpha value is -3.63. The predicted octanol–water partition coefficient (Wildman–Crippen LogP) is 8.67. The van der Waals surface area contributed by atoms with Gasteiger partial charge in [-0.2, -0.15) is 0 Å². The zero-order chi connectivity index (χ0) is 30.6. The summed E-state index contributed by atoms with van der Waals surface area (Å²) in [5.74, 6) is -3.52. The van der Waals surface area contributed by atoms with Gasteiger partial charge >= 0.3 is 5.97 Å². The summed E-state index contributed by atoms with van der Waals surface area (Å²) in [4.78, 5) is 28.3. The molecule has 1 atom stereocenters. The molecule has 0 fully saturated rings. The van der Waals surface area contributed by atoms with Crippen LogP contribution in [0, 0.1) is 11.6 Å². The second-order valence-corrected chi connectivity index (χ2v) is 10.9. The normalized spacial score (nSPS) is 12.3. The molecule has 1 amide bonds. The highest BCUT2D eigenvalue weighted by Crippen LogP contribution is 2.39. The Bertz CT molecular complexity index is 1380. The van der Waals surface area contributed by atoms with E-state index in [1.54, 1.807) is 19.6 Å². The van der Waals surface area contributed by atoms with Gasteiger partial charge in [-0.3, -0.25) is 10.1 Å². The molecule has 2 aromatic carbocycles. The molecule has 1 heterocycles. The Morgan fingerprint density at radius 1 is 1.07 bits per heavy atom. The van der Waals surface area contributed by atoms with Crippen LogP contribution in [0.1, 0.15) is 92.8 Å². The molecule has 0 spiro atoms. The average Bonchev–Trinajstić information content (AvgIpc) is 3.44. The monoisotopic (exact) mass is 600 g/mol. The number of aromatic nitrogens is 1. The first-order chi connectivity index (χ1) is 20.2. The molecule has 1 aromatic heterocycles. The molecule has 3 rings (SSSR count). The van der Waals surface area contributed by atoms with E-state index in [0.29, 0.717) is 11.4 Å². The minimum Gasteiger partial charge on any atom is -0.496 e. The number of para-hydroxylation sites is 1. The zero-order valence-corrected chi connectivity index (χ0v) is 25.3. The van der Waals surface area contributed by atoms with Gasteiger partial charge in [0.2, 0.25) is 0 Å². The number of hydrogen-bond donors (Lipinski definition) is 2. The summed E-state index contributed by atoms with van der Waals surface area (Å²) >= 11 is 1.16. The Kier molecular flexibility index (Phi) is 12.6. The molecular formula is C32H38F2N2O5S. The van der Waals surface area contributed by atoms with Gasteiger partial charge < -0.3 is 14.6 Å². The topological polar surface area (TPSA) is 97.8 Å². The standard InChI is InChI=1S/C32H38F2N2O5S/c1-5-6-7-8-9-10-11-15-28(40-3)23-14-12-13-22(29(23)41-4)27-19-42-32(35-27)36-30(37)21-17-25(33)24(26(34)18-21)16-20(2)31(38)39/h12-14,16-19,28H,5-11,15H2,1-4H3,(H,38,39)(H,35,36,37). The molecule has 3 aromatic rings. The molecule has 0 aliphatic heterocycles. The summed E-state index contributed by atoms with van der Waals surface area (Å²) in [5.41, 5.74) is 1.18. The molecular weight excluding hydrogens is 562 g/mol. The third-order valence-electron chi connectivity index (χ3n) is 6.99. The molecule has 0 saturated carbocycles. The Labute approximate surface area is 249 Å². The molecule has 0 aliphatic rings. The number of anilines is 1. The van der Waals surface area contributed by atoms with E-state index in [-0.39, 0.29) is 22.4 Å². The quantitative estimate of drug-likeness (QED) is 0.126. The Balaban J connectivity index is 1.74. The maximum atomic E-state index is 14.5. The number of thiazole rings is 1. The van der Waals surface area contributed by atoms with Crippen molar-refractivity contribution in [2.24, 2.45) is 0 Å². The summed E-state index contributed by atoms with van der Waals surface area (Å²) in [5, 5.41) is 13.6. The van der Waals surface area contributed by atoms with Crippen LogP contribution >= 0.6 is 11.3 Å². The van der Waals surface area contributed by atoms with Crippen LogP contribution in [0.25, 0.3) is 17.3 Å². The SMILES string of the molecule is CCCCCCCCCC(OC)c1cccc(-c2csc(NC(=O)c3cc(F)c(C=C(C)C(=O)O)c(F)c3)n2)c1OC. The number of nitrogens with one attached hydrogen (secondary N) is 1. The van der Waals surface area contributed by atoms with E-state index in [1.165, 1.54) is 39.0 Å². The molecule has 0 aliphatic carbocycles. The van der Waals surface area contributed by atoms with Gasteiger partial charge in [-0.1, -0.05) is 64.0 Å². The largest absolute Gasteiger partial charge is 0.496 e. The number of hydrogen-bond acceptors (Lipinski definition) is 6. The number of carboxylic acid groups (broad SMARTS) is 1. The van der Waals surface area contributed by atoms with Gasteiger partial charge in [0.1, 0.15) is 17.4 Å². The number of carbonyl (C=O) groups is 2. The van der Waals surface area contributed by atoms with Crippen LogP contribution in [0.4, 0.5) is 13.9 Å². The number of halogens is 2. The van der Waals surface area contributed by atoms with Crippen LogP contribution in [0.3, 0.4) is 0 Å². The molecule has 0 saturated heterocycles. The van der Waals surface area contributed by atoms with E-state index in [9.17, 15) is 18.4 Å². The van der Waals surface area contributed by atoms with Gasteiger partial charge in [0.05, 0.1) is 18.9 Å². The number of amides is 1. The summed E-state index contributed by atoms with van der Waals surface area (Å²) in [6.45, 7) is 3.43. The summed E-state index contributed by atoms with van der Waals surface area (Å²) < 4.78 is 40.7. The number of benzene rings is 2. The van der Waals surface area contributed by atoms with Crippen molar-refractivity contribution in [3.63, 3.8) is 0 Å². The van der Waals surface area contributed by atoms with Crippen LogP contribution in [-0.2, 0) is 9.53 Å². The first-order valence-corrected chi connectivity index (χ1v) is 15.0. The first-order valence-electron chi connectivity index (χ1n) is 14.1. The Morgan fingerprint density at radius 2 is 1.74 bits per heavy atom. The summed E-state index contributed by atoms with van der Waals surface area (Å²) in [6, 6.07) is 7.48. The van der Waals surface area contributed by atoms with Crippen LogP contribution in [0.15, 0.2) is 41.3 Å². The van der Waals surface area contributed by atoms with Crippen LogP contribution in [0.5, 0.6) is 5.75 Å². The van der Waals surface area contributed by atoms with Gasteiger partial charge in [0, 0.05) is 40.3 Å². The maximum absolute atomic E-state index is 14.5. The lowest BCUT2D eigenvalue weighted by molar-refractivity contribution is -0.132. The highest BCUT2D eigenvalue weighted by Gasteiger charge is 2.21. The summed E-state index contributed by atoms with van der Waals surface area (Å²) in [6.07, 6.45) is 10.1. The molecule has 0 radical (unpaired) electrons. The van der Waals surface area contributed by atoms with E-state index >= 15 is 0 Å². The Morgan fingerprint density at radius 3 is 2.36 bits per heavy atom. The van der Waals surface area contributed by atoms with Gasteiger partial charge in [0.15, 0.2) is 5.13 Å². The highest BCUT2D eigenvalue weighted by molar-refractivity contribution is 7.14. The third kappa shape index (κ3) is 8.69. The molecule has 2 N–H and O–H groups in total. The van der Waals surface area contributed by atoms with E-state index in [4.69, 9.17) is 14.6 Å². The van der Waals surface area contributed by atoms with Gasteiger partial charge in [0.25, 0.3) is 5.91 Å². The zero-order valence-electron chi connectivity index (χ0n) is 24.5. The second-order valence-electron chi connectivity index (χ2n) is 10.0. The van der Waals surface area contributed by atoms with Gasteiger partial charge in [-0.15, -0.1) is 11.3 Å². The fraction of sp³-hybridized carbons (Fsp3) is 0.406. The van der Waals surface area contributed by atoms with Crippen LogP contribution in [-0.4, -0.2) is 36.2 Å². The predicted molar refractivity (Wildman–Crippen MR) is 162 cm³/mol. The highest BCUT2D eigenvalue weighted by atomic mass is 32.1. The number of ether oxygens (including phenoxy) is 2. The van der Waals surface area contributed by atoms with Crippen molar-refractivity contribution >= 4 is 34.4 Å². The first kappa shape index (κ1) is 32.9. The average molecular weight is 601 g/mol. The van der Waals surface area contributed by atoms with Crippen molar-refractivity contribution in [1.82, 2.24) is 4.98 Å². The lowest BCUT2D eigenvalue weighted by Crippen LogP contribution is -2.13. The molecule has 7 nitrogen and oxygen atoms in total. The minimum absolute atomic E-state index is 0.143. The van der Waals surface area contributed by atoms with E-state index in [2.05, 4.69) is 17.2 Å². The molecule has 226 valence electrons. The van der Waals surface area contributed by atoms with Gasteiger partial charge in [-0.05, 0) is 37.6 Å². The fourth-order valence-corrected chi connectivity index (χ4v) is 5.39. The smallest absolute Gasteiger partial charge is 0.331 e. The molecule has 0 bridgehead atoms. The van der Waals surface area contributed by atoms with E-state index in [1.807, 2.05) is 18.2 Å². The van der Waals surface area contributed by atoms with Crippen molar-refractivity contribution in [3.8, 4) is 17.0 Å². The lowest BCUT2D eigenvalue weighted by Gasteiger charge is -2.20. The van der Waals surface area contributed by atoms with Crippen molar-refractivity contribution in [3.05, 3.63) is 69.6 Å². The van der Waals surface area contributed by atoms with Crippen LogP contribution < -0.4 is 10.1 Å². The number of rotatable bonds is 16. The molecule has 1 unspecified atom stereocenters. The van der Waals surface area contributed by atoms with Crippen molar-refractivity contribution < 1.29 is 33.0 Å². The summed E-state index contributed by atoms with van der Waals surface area (Å²) in [7, 11) is 3.29. The number of unbranched alkanes of at least 4 members (excludes halogenated alkanes) is 6. The number of methoxy groups -OCH3 is 2. The van der Waals surface area contributed by atoms with Crippen molar-refractivity contribution in [2.45, 2.75) is 71.3 Å². The number of carboxylic acids is 1. The fourth-order valence-electron chi connectivity index (χ4n) is 4.68. The van der Waals surface area contributed by atoms with Crippen molar-refractivity contribution in [2.75, 3.05) is 19.5 Å². The van der Waals surface area contributed by atoms with E-state index in [0.717, 1.165) is 59.9 Å². The minimum atomic E-state index is -1.30. The number of nitrogens with zero attached hydrogens (tertiary/aromatic N) is 1.